The van der Waals surface area contributed by atoms with Crippen molar-refractivity contribution in [3.05, 3.63) is 40.3 Å². The average Bonchev–Trinajstić information content (AvgIpc) is 3.58. The molecular formula is C27H30ClN11O. The highest BCUT2D eigenvalue weighted by atomic mass is 35.5. The normalized spacial score (nSPS) is 19.8. The second-order valence-corrected chi connectivity index (χ2v) is 11.2. The summed E-state index contributed by atoms with van der Waals surface area (Å²) in [5.41, 5.74) is 2.25. The predicted molar refractivity (Wildman–Crippen MR) is 152 cm³/mol. The van der Waals surface area contributed by atoms with Gasteiger partial charge in [-0.2, -0.15) is 10.2 Å². The first-order valence-electron chi connectivity index (χ1n) is 13.5. The highest BCUT2D eigenvalue weighted by molar-refractivity contribution is 6.36. The second-order valence-electron chi connectivity index (χ2n) is 10.8. The van der Waals surface area contributed by atoms with Gasteiger partial charge in [0, 0.05) is 51.2 Å². The molecular weight excluding hydrogens is 530 g/mol. The van der Waals surface area contributed by atoms with Gasteiger partial charge in [0.2, 0.25) is 5.91 Å². The van der Waals surface area contributed by atoms with Gasteiger partial charge in [0.15, 0.2) is 5.82 Å². The fraction of sp³-hybridized carbons (Fsp3) is 0.481. The molecule has 1 atom stereocenters. The van der Waals surface area contributed by atoms with Gasteiger partial charge in [-0.05, 0) is 44.9 Å². The van der Waals surface area contributed by atoms with Crippen LogP contribution in [0.5, 0.6) is 0 Å². The highest BCUT2D eigenvalue weighted by Gasteiger charge is 2.34. The standard InChI is InChI=1S/C27H30ClN11O/c1-30-22-14-31-26-25(32-17-4-5-17)34-27(35-39(22)26)33-20-10-16(13-29)11-21(24(20)28)38-8-6-18(7-9-38)37(3)19-12-23(40)36(2)15-19/h10-11,14,17-19H,4-9,12,15H2,2-3H3,(H2,32,33,34,35). The molecule has 2 N–H and O–H groups in total. The summed E-state index contributed by atoms with van der Waals surface area (Å²) in [6, 6.07) is 6.69. The molecule has 4 heterocycles. The Morgan fingerprint density at radius 2 is 2.00 bits per heavy atom. The molecule has 3 fully saturated rings. The Balaban J connectivity index is 1.23. The molecule has 1 aromatic carbocycles. The molecule has 13 heteroatoms. The van der Waals surface area contributed by atoms with Gasteiger partial charge in [0.25, 0.3) is 17.4 Å². The van der Waals surface area contributed by atoms with Crippen LogP contribution in [0.1, 0.15) is 37.7 Å². The number of benzene rings is 1. The zero-order valence-electron chi connectivity index (χ0n) is 22.4. The summed E-state index contributed by atoms with van der Waals surface area (Å²) < 4.78 is 1.47. The first-order valence-corrected chi connectivity index (χ1v) is 13.8. The van der Waals surface area contributed by atoms with Gasteiger partial charge in [-0.25, -0.2) is 4.98 Å². The first-order chi connectivity index (χ1) is 19.3. The first kappa shape index (κ1) is 26.1. The molecule has 0 radical (unpaired) electrons. The van der Waals surface area contributed by atoms with Crippen LogP contribution in [0.2, 0.25) is 5.02 Å². The number of likely N-dealkylation sites (tertiary alicyclic amines) is 1. The molecule has 1 amide bonds. The molecule has 2 saturated heterocycles. The number of rotatable bonds is 7. The maximum atomic E-state index is 12.0. The molecule has 2 aromatic heterocycles. The number of nitrogens with one attached hydrogen (secondary N) is 2. The van der Waals surface area contributed by atoms with E-state index >= 15 is 0 Å². The minimum atomic E-state index is 0.200. The minimum Gasteiger partial charge on any atom is -0.370 e. The monoisotopic (exact) mass is 559 g/mol. The largest absolute Gasteiger partial charge is 0.370 e. The number of hydrogen-bond acceptors (Lipinski definition) is 9. The number of likely N-dealkylation sites (N-methyl/N-ethyl adjacent to an activating group) is 2. The Morgan fingerprint density at radius 3 is 2.65 bits per heavy atom. The molecule has 1 aliphatic carbocycles. The van der Waals surface area contributed by atoms with Crippen LogP contribution in [-0.4, -0.2) is 87.1 Å². The number of amides is 1. The van der Waals surface area contributed by atoms with Crippen LogP contribution in [0, 0.1) is 17.9 Å². The predicted octanol–water partition coefficient (Wildman–Crippen LogP) is 3.65. The summed E-state index contributed by atoms with van der Waals surface area (Å²) >= 11 is 6.94. The van der Waals surface area contributed by atoms with Gasteiger partial charge in [-0.3, -0.25) is 9.69 Å². The fourth-order valence-corrected chi connectivity index (χ4v) is 5.83. The molecule has 0 spiro atoms. The third-order valence-electron chi connectivity index (χ3n) is 8.08. The Morgan fingerprint density at radius 1 is 1.23 bits per heavy atom. The SMILES string of the molecule is [C-]#[N+]c1cnc2c(NC3CC3)nc(Nc3cc(C#N)cc(N4CCC(N(C)C5CC(=O)N(C)C5)CC4)c3Cl)nn12. The van der Waals surface area contributed by atoms with Crippen LogP contribution in [0.3, 0.4) is 0 Å². The van der Waals surface area contributed by atoms with E-state index in [1.807, 2.05) is 13.1 Å². The van der Waals surface area contributed by atoms with Gasteiger partial charge < -0.3 is 25.3 Å². The van der Waals surface area contributed by atoms with E-state index in [0.717, 1.165) is 51.0 Å². The van der Waals surface area contributed by atoms with Crippen LogP contribution >= 0.6 is 11.6 Å². The van der Waals surface area contributed by atoms with Gasteiger partial charge in [-0.15, -0.1) is 4.52 Å². The van der Waals surface area contributed by atoms with E-state index in [1.165, 1.54) is 10.7 Å². The Hall–Kier alpha value is -4.13. The van der Waals surface area contributed by atoms with Crippen LogP contribution in [0.4, 0.5) is 29.0 Å². The molecule has 1 unspecified atom stereocenters. The van der Waals surface area contributed by atoms with E-state index in [9.17, 15) is 10.1 Å². The molecule has 6 rings (SSSR count). The Labute approximate surface area is 237 Å². The third kappa shape index (κ3) is 4.96. The lowest BCUT2D eigenvalue weighted by Crippen LogP contribution is -2.48. The number of nitriles is 1. The number of hydrogen-bond donors (Lipinski definition) is 2. The smallest absolute Gasteiger partial charge is 0.275 e. The van der Waals surface area contributed by atoms with E-state index in [1.54, 1.807) is 11.0 Å². The molecule has 206 valence electrons. The van der Waals surface area contributed by atoms with Crippen LogP contribution in [0.25, 0.3) is 10.5 Å². The van der Waals surface area contributed by atoms with Crippen molar-refractivity contribution in [1.82, 2.24) is 29.4 Å². The maximum absolute atomic E-state index is 12.0. The summed E-state index contributed by atoms with van der Waals surface area (Å²) in [4.78, 5) is 30.9. The fourth-order valence-electron chi connectivity index (χ4n) is 5.56. The lowest BCUT2D eigenvalue weighted by atomic mass is 10.0. The second kappa shape index (κ2) is 10.5. The van der Waals surface area contributed by atoms with Crippen molar-refractivity contribution in [2.45, 2.75) is 50.2 Å². The molecule has 3 aliphatic rings. The number of anilines is 4. The molecule has 3 aromatic rings. The number of nitrogens with zero attached hydrogens (tertiary/aromatic N) is 9. The van der Waals surface area contributed by atoms with E-state index in [-0.39, 0.29) is 23.7 Å². The summed E-state index contributed by atoms with van der Waals surface area (Å²) in [6.07, 6.45) is 6.01. The summed E-state index contributed by atoms with van der Waals surface area (Å²) in [6.45, 7) is 9.80. The molecule has 40 heavy (non-hydrogen) atoms. The van der Waals surface area contributed by atoms with E-state index in [0.29, 0.717) is 46.2 Å². The quantitative estimate of drug-likeness (QED) is 0.418. The third-order valence-corrected chi connectivity index (χ3v) is 8.48. The number of piperidine rings is 1. The highest BCUT2D eigenvalue weighted by Crippen LogP contribution is 2.38. The maximum Gasteiger partial charge on any atom is 0.275 e. The number of halogens is 1. The number of fused-ring (bicyclic) bond motifs is 1. The summed E-state index contributed by atoms with van der Waals surface area (Å²) in [5.74, 6) is 1.27. The minimum absolute atomic E-state index is 0.200. The van der Waals surface area contributed by atoms with Gasteiger partial charge in [0.05, 0.1) is 34.2 Å². The van der Waals surface area contributed by atoms with Gasteiger partial charge in [0.1, 0.15) is 0 Å². The summed E-state index contributed by atoms with van der Waals surface area (Å²) in [5, 5.41) is 21.3. The van der Waals surface area contributed by atoms with E-state index < -0.39 is 0 Å². The number of carbonyl (C=O) groups excluding carboxylic acids is 1. The van der Waals surface area contributed by atoms with Crippen molar-refractivity contribution in [2.75, 3.05) is 49.3 Å². The van der Waals surface area contributed by atoms with Crippen molar-refractivity contribution in [1.29, 1.82) is 5.26 Å². The molecule has 0 bridgehead atoms. The van der Waals surface area contributed by atoms with Crippen molar-refractivity contribution in [3.8, 4) is 6.07 Å². The van der Waals surface area contributed by atoms with E-state index in [2.05, 4.69) is 53.5 Å². The van der Waals surface area contributed by atoms with Crippen LogP contribution in [0.15, 0.2) is 18.3 Å². The number of carbonyl (C=O) groups is 1. The van der Waals surface area contributed by atoms with Crippen molar-refractivity contribution >= 4 is 52.1 Å². The zero-order valence-corrected chi connectivity index (χ0v) is 23.2. The number of aromatic nitrogens is 4. The van der Waals surface area contributed by atoms with Crippen LogP contribution < -0.4 is 15.5 Å². The molecule has 12 nitrogen and oxygen atoms in total. The van der Waals surface area contributed by atoms with Crippen molar-refractivity contribution in [3.63, 3.8) is 0 Å². The van der Waals surface area contributed by atoms with Gasteiger partial charge >= 0.3 is 0 Å². The average molecular weight is 560 g/mol. The Kier molecular flexibility index (Phi) is 6.82. The Bertz CT molecular complexity index is 1540. The van der Waals surface area contributed by atoms with Crippen molar-refractivity contribution in [2.24, 2.45) is 0 Å². The van der Waals surface area contributed by atoms with Crippen LogP contribution in [-0.2, 0) is 4.79 Å². The topological polar surface area (TPSA) is 122 Å². The molecule has 2 aliphatic heterocycles. The summed E-state index contributed by atoms with van der Waals surface area (Å²) in [7, 11) is 3.98. The molecule has 1 saturated carbocycles. The zero-order chi connectivity index (χ0) is 28.0. The van der Waals surface area contributed by atoms with E-state index in [4.69, 9.17) is 18.2 Å². The number of imidazole rings is 1. The lowest BCUT2D eigenvalue weighted by molar-refractivity contribution is -0.126. The lowest BCUT2D eigenvalue weighted by Gasteiger charge is -2.40. The van der Waals surface area contributed by atoms with Gasteiger partial charge in [-0.1, -0.05) is 23.3 Å². The van der Waals surface area contributed by atoms with Crippen molar-refractivity contribution < 1.29 is 4.79 Å².